The monoisotopic (exact) mass is 410 g/mol. The number of para-hydroxylation sites is 1. The van der Waals surface area contributed by atoms with Crippen molar-refractivity contribution in [2.45, 2.75) is 11.7 Å². The van der Waals surface area contributed by atoms with Gasteiger partial charge in [-0.1, -0.05) is 53.7 Å². The number of Topliss-reactive ketones (excluding diaryl/α,β-unsaturated/α-hetero) is 1. The molecule has 0 saturated heterocycles. The molecule has 0 saturated carbocycles. The van der Waals surface area contributed by atoms with Crippen molar-refractivity contribution in [1.82, 2.24) is 19.2 Å². The van der Waals surface area contributed by atoms with E-state index in [2.05, 4.69) is 16.8 Å². The number of hydrogen-bond donors (Lipinski definition) is 0. The third-order valence-corrected chi connectivity index (χ3v) is 5.43. The van der Waals surface area contributed by atoms with Gasteiger partial charge in [-0.25, -0.2) is 0 Å². The Balaban J connectivity index is 1.77. The van der Waals surface area contributed by atoms with Gasteiger partial charge in [0.25, 0.3) is 5.56 Å². The molecule has 0 N–H and O–H groups in total. The van der Waals surface area contributed by atoms with Crippen LogP contribution in [0.3, 0.4) is 0 Å². The van der Waals surface area contributed by atoms with Crippen LogP contribution in [-0.4, -0.2) is 30.7 Å². The first kappa shape index (κ1) is 18.5. The Morgan fingerprint density at radius 3 is 2.79 bits per heavy atom. The molecule has 8 heteroatoms. The number of fused-ring (bicyclic) bond motifs is 3. The lowest BCUT2D eigenvalue weighted by Gasteiger charge is -2.09. The summed E-state index contributed by atoms with van der Waals surface area (Å²) in [5, 5.41) is 10.0. The lowest BCUT2D eigenvalue weighted by molar-refractivity contribution is 0.102. The molecule has 0 atom stereocenters. The van der Waals surface area contributed by atoms with Crippen molar-refractivity contribution < 1.29 is 4.79 Å². The number of nitrogens with zero attached hydrogens (tertiary/aromatic N) is 4. The molecule has 6 nitrogen and oxygen atoms in total. The van der Waals surface area contributed by atoms with Crippen molar-refractivity contribution >= 4 is 45.8 Å². The van der Waals surface area contributed by atoms with Gasteiger partial charge in [0.1, 0.15) is 0 Å². The summed E-state index contributed by atoms with van der Waals surface area (Å²) >= 11 is 7.24. The first-order chi connectivity index (χ1) is 13.6. The maximum atomic E-state index is 12.8. The molecule has 0 unspecified atom stereocenters. The van der Waals surface area contributed by atoms with Crippen LogP contribution in [0.2, 0.25) is 5.02 Å². The Hall–Kier alpha value is -2.90. The Bertz CT molecular complexity index is 1280. The zero-order valence-electron chi connectivity index (χ0n) is 14.7. The highest BCUT2D eigenvalue weighted by atomic mass is 35.5. The van der Waals surface area contributed by atoms with Gasteiger partial charge in [0.05, 0.1) is 16.7 Å². The van der Waals surface area contributed by atoms with E-state index >= 15 is 0 Å². The van der Waals surface area contributed by atoms with E-state index in [0.29, 0.717) is 39.0 Å². The van der Waals surface area contributed by atoms with E-state index in [-0.39, 0.29) is 17.1 Å². The van der Waals surface area contributed by atoms with E-state index in [0.717, 1.165) is 0 Å². The third kappa shape index (κ3) is 3.23. The predicted octanol–water partition coefficient (Wildman–Crippen LogP) is 3.86. The van der Waals surface area contributed by atoms with Crippen molar-refractivity contribution in [1.29, 1.82) is 0 Å². The Kier molecular flexibility index (Phi) is 5.02. The standard InChI is InChI=1S/C20H15ClN4O2S/c1-2-10-24-18(27)15-8-3-4-9-16(15)25-19(24)22-23-20(25)28-12-17(26)13-6-5-7-14(21)11-13/h2-9,11H,1,10,12H2. The minimum atomic E-state index is -0.151. The summed E-state index contributed by atoms with van der Waals surface area (Å²) < 4.78 is 3.32. The summed E-state index contributed by atoms with van der Waals surface area (Å²) in [5.41, 5.74) is 1.09. The molecule has 0 spiro atoms. The molecule has 0 amide bonds. The number of thioether (sulfide) groups is 1. The summed E-state index contributed by atoms with van der Waals surface area (Å²) in [6, 6.07) is 14.1. The molecule has 0 fully saturated rings. The predicted molar refractivity (Wildman–Crippen MR) is 111 cm³/mol. The summed E-state index contributed by atoms with van der Waals surface area (Å²) in [5.74, 6) is 0.532. The number of rotatable bonds is 6. The highest BCUT2D eigenvalue weighted by molar-refractivity contribution is 7.99. The molecule has 0 radical (unpaired) electrons. The molecule has 0 bridgehead atoms. The Labute approximate surface area is 169 Å². The number of allylic oxidation sites excluding steroid dienone is 1. The van der Waals surface area contributed by atoms with Crippen LogP contribution in [0.25, 0.3) is 16.7 Å². The van der Waals surface area contributed by atoms with Gasteiger partial charge in [0.2, 0.25) is 5.78 Å². The van der Waals surface area contributed by atoms with Gasteiger partial charge in [-0.05, 0) is 24.3 Å². The zero-order valence-corrected chi connectivity index (χ0v) is 16.3. The molecule has 2 aromatic carbocycles. The lowest BCUT2D eigenvalue weighted by Crippen LogP contribution is -2.22. The average Bonchev–Trinajstić information content (AvgIpc) is 3.13. The van der Waals surface area contributed by atoms with Crippen molar-refractivity contribution in [3.8, 4) is 0 Å². The molecule has 2 heterocycles. The van der Waals surface area contributed by atoms with Crippen molar-refractivity contribution in [2.24, 2.45) is 0 Å². The second-order valence-corrected chi connectivity index (χ2v) is 7.44. The molecule has 140 valence electrons. The Morgan fingerprint density at radius 2 is 2.00 bits per heavy atom. The topological polar surface area (TPSA) is 69.3 Å². The molecule has 0 aliphatic heterocycles. The van der Waals surface area contributed by atoms with Crippen LogP contribution in [-0.2, 0) is 6.54 Å². The molecule has 4 aromatic rings. The second kappa shape index (κ2) is 7.61. The third-order valence-electron chi connectivity index (χ3n) is 4.27. The number of benzene rings is 2. The van der Waals surface area contributed by atoms with Gasteiger partial charge in [-0.3, -0.25) is 18.6 Å². The van der Waals surface area contributed by atoms with Crippen LogP contribution in [0.5, 0.6) is 0 Å². The number of ketones is 1. The number of carbonyl (C=O) groups is 1. The highest BCUT2D eigenvalue weighted by Crippen LogP contribution is 2.23. The van der Waals surface area contributed by atoms with Crippen molar-refractivity contribution in [3.05, 3.63) is 82.1 Å². The smallest absolute Gasteiger partial charge is 0.263 e. The molecule has 0 aliphatic carbocycles. The quantitative estimate of drug-likeness (QED) is 0.274. The Morgan fingerprint density at radius 1 is 1.18 bits per heavy atom. The fraction of sp³-hybridized carbons (Fsp3) is 0.100. The normalized spacial score (nSPS) is 11.2. The van der Waals surface area contributed by atoms with E-state index in [9.17, 15) is 9.59 Å². The zero-order chi connectivity index (χ0) is 19.7. The van der Waals surface area contributed by atoms with Crippen LogP contribution in [0, 0.1) is 0 Å². The SMILES string of the molecule is C=CCn1c(=O)c2ccccc2n2c(SCC(=O)c3cccc(Cl)c3)nnc12. The summed E-state index contributed by atoms with van der Waals surface area (Å²) in [6.45, 7) is 4.03. The molecule has 4 rings (SSSR count). The first-order valence-electron chi connectivity index (χ1n) is 8.49. The van der Waals surface area contributed by atoms with Gasteiger partial charge < -0.3 is 0 Å². The maximum absolute atomic E-state index is 12.8. The highest BCUT2D eigenvalue weighted by Gasteiger charge is 2.17. The number of aromatic nitrogens is 4. The summed E-state index contributed by atoms with van der Waals surface area (Å²) in [6.07, 6.45) is 1.64. The van der Waals surface area contributed by atoms with E-state index in [1.165, 1.54) is 16.3 Å². The van der Waals surface area contributed by atoms with E-state index < -0.39 is 0 Å². The van der Waals surface area contributed by atoms with Crippen molar-refractivity contribution in [3.63, 3.8) is 0 Å². The summed E-state index contributed by atoms with van der Waals surface area (Å²) in [7, 11) is 0. The van der Waals surface area contributed by atoms with Gasteiger partial charge in [-0.2, -0.15) is 0 Å². The van der Waals surface area contributed by atoms with E-state index in [1.54, 1.807) is 40.8 Å². The molecular weight excluding hydrogens is 396 g/mol. The maximum Gasteiger partial charge on any atom is 0.263 e. The van der Waals surface area contributed by atoms with Crippen LogP contribution in [0.15, 0.2) is 71.1 Å². The number of carbonyl (C=O) groups excluding carboxylic acids is 1. The molecule has 2 aromatic heterocycles. The molecular formula is C20H15ClN4O2S. The summed E-state index contributed by atoms with van der Waals surface area (Å²) in [4.78, 5) is 25.3. The van der Waals surface area contributed by atoms with Crippen LogP contribution < -0.4 is 5.56 Å². The largest absolute Gasteiger partial charge is 0.293 e. The lowest BCUT2D eigenvalue weighted by atomic mass is 10.1. The second-order valence-electron chi connectivity index (χ2n) is 6.06. The van der Waals surface area contributed by atoms with Crippen LogP contribution in [0.4, 0.5) is 0 Å². The van der Waals surface area contributed by atoms with E-state index in [4.69, 9.17) is 11.6 Å². The average molecular weight is 411 g/mol. The van der Waals surface area contributed by atoms with Gasteiger partial charge >= 0.3 is 0 Å². The van der Waals surface area contributed by atoms with Gasteiger partial charge in [0.15, 0.2) is 10.9 Å². The fourth-order valence-corrected chi connectivity index (χ4v) is 4.02. The number of hydrogen-bond acceptors (Lipinski definition) is 5. The van der Waals surface area contributed by atoms with Crippen LogP contribution >= 0.6 is 23.4 Å². The minimum Gasteiger partial charge on any atom is -0.293 e. The number of halogens is 1. The first-order valence-corrected chi connectivity index (χ1v) is 9.85. The molecule has 28 heavy (non-hydrogen) atoms. The van der Waals surface area contributed by atoms with Gasteiger partial charge in [0, 0.05) is 17.1 Å². The fourth-order valence-electron chi connectivity index (χ4n) is 3.00. The van der Waals surface area contributed by atoms with Crippen molar-refractivity contribution in [2.75, 3.05) is 5.75 Å². The van der Waals surface area contributed by atoms with Gasteiger partial charge in [-0.15, -0.1) is 16.8 Å². The van der Waals surface area contributed by atoms with Crippen LogP contribution in [0.1, 0.15) is 10.4 Å². The van der Waals surface area contributed by atoms with E-state index in [1.807, 2.05) is 18.2 Å². The molecule has 0 aliphatic rings. The minimum absolute atomic E-state index is 0.0621.